The third kappa shape index (κ3) is 3.32. The lowest BCUT2D eigenvalue weighted by Crippen LogP contribution is -2.30. The number of amides is 1. The number of halogens is 1. The van der Waals surface area contributed by atoms with E-state index in [1.54, 1.807) is 18.7 Å². The first kappa shape index (κ1) is 18.4. The maximum Gasteiger partial charge on any atom is 0.350 e. The molecular weight excluding hydrogens is 374 g/mol. The fourth-order valence-electron chi connectivity index (χ4n) is 2.59. The molecular formula is C18H18ClN3O3S. The molecule has 1 atom stereocenters. The molecule has 3 rings (SSSR count). The van der Waals surface area contributed by atoms with Crippen molar-refractivity contribution in [2.45, 2.75) is 26.9 Å². The predicted octanol–water partition coefficient (Wildman–Crippen LogP) is 4.09. The largest absolute Gasteiger partial charge is 0.448 e. The molecule has 1 amide bonds. The molecule has 26 heavy (non-hydrogen) atoms. The van der Waals surface area contributed by atoms with Crippen molar-refractivity contribution >= 4 is 50.6 Å². The Kier molecular flexibility index (Phi) is 5.02. The van der Waals surface area contributed by atoms with Gasteiger partial charge in [0.1, 0.15) is 4.88 Å². The second-order valence-corrected chi connectivity index (χ2v) is 7.38. The van der Waals surface area contributed by atoms with Crippen molar-refractivity contribution in [2.24, 2.45) is 7.05 Å². The van der Waals surface area contributed by atoms with Gasteiger partial charge in [-0.1, -0.05) is 29.8 Å². The third-order valence-corrected chi connectivity index (χ3v) is 5.79. The fraction of sp³-hybridized carbons (Fsp3) is 0.278. The maximum atomic E-state index is 12.4. The van der Waals surface area contributed by atoms with Gasteiger partial charge in [-0.15, -0.1) is 11.3 Å². The number of anilines is 1. The van der Waals surface area contributed by atoms with Crippen molar-refractivity contribution in [3.05, 3.63) is 45.6 Å². The number of rotatable bonds is 4. The van der Waals surface area contributed by atoms with Crippen LogP contribution in [0, 0.1) is 13.8 Å². The van der Waals surface area contributed by atoms with Gasteiger partial charge in [-0.25, -0.2) is 4.79 Å². The minimum Gasteiger partial charge on any atom is -0.448 e. The van der Waals surface area contributed by atoms with Gasteiger partial charge in [-0.05, 0) is 26.8 Å². The third-order valence-electron chi connectivity index (χ3n) is 4.13. The molecule has 0 aliphatic rings. The van der Waals surface area contributed by atoms with Gasteiger partial charge >= 0.3 is 5.97 Å². The summed E-state index contributed by atoms with van der Waals surface area (Å²) in [6.45, 7) is 5.18. The lowest BCUT2D eigenvalue weighted by atomic mass is 10.2. The minimum absolute atomic E-state index is 0.293. The summed E-state index contributed by atoms with van der Waals surface area (Å²) in [4.78, 5) is 25.1. The summed E-state index contributed by atoms with van der Waals surface area (Å²) in [5, 5.41) is 8.16. The Bertz CT molecular complexity index is 1010. The molecule has 8 heteroatoms. The van der Waals surface area contributed by atoms with Crippen molar-refractivity contribution in [2.75, 3.05) is 5.32 Å². The second kappa shape index (κ2) is 7.09. The van der Waals surface area contributed by atoms with Crippen molar-refractivity contribution in [3.8, 4) is 0 Å². The van der Waals surface area contributed by atoms with Crippen LogP contribution in [0.25, 0.3) is 10.1 Å². The number of hydrogen-bond donors (Lipinski definition) is 1. The molecule has 0 unspecified atom stereocenters. The van der Waals surface area contributed by atoms with E-state index in [4.69, 9.17) is 16.3 Å². The minimum atomic E-state index is -0.970. The smallest absolute Gasteiger partial charge is 0.350 e. The number of ether oxygens (including phenoxy) is 1. The lowest BCUT2D eigenvalue weighted by Gasteiger charge is -2.13. The van der Waals surface area contributed by atoms with Crippen LogP contribution in [-0.2, 0) is 16.6 Å². The first-order chi connectivity index (χ1) is 12.3. The number of carbonyl (C=O) groups excluding carboxylic acids is 2. The molecule has 0 aliphatic heterocycles. The average Bonchev–Trinajstić information content (AvgIpc) is 3.06. The van der Waals surface area contributed by atoms with Gasteiger partial charge in [0.2, 0.25) is 0 Å². The fourth-order valence-corrected chi connectivity index (χ4v) is 3.98. The van der Waals surface area contributed by atoms with Gasteiger partial charge in [0.05, 0.1) is 22.1 Å². The highest BCUT2D eigenvalue weighted by atomic mass is 35.5. The van der Waals surface area contributed by atoms with E-state index >= 15 is 0 Å². The summed E-state index contributed by atoms with van der Waals surface area (Å²) in [5.41, 5.74) is 2.15. The zero-order valence-corrected chi connectivity index (χ0v) is 16.4. The summed E-state index contributed by atoms with van der Waals surface area (Å²) in [6, 6.07) is 7.45. The Hall–Kier alpha value is -2.38. The molecule has 136 valence electrons. The van der Waals surface area contributed by atoms with Crippen LogP contribution in [0.15, 0.2) is 24.3 Å². The summed E-state index contributed by atoms with van der Waals surface area (Å²) < 4.78 is 7.89. The number of aromatic nitrogens is 2. The summed E-state index contributed by atoms with van der Waals surface area (Å²) in [7, 11) is 1.80. The number of nitrogens with zero attached hydrogens (tertiary/aromatic N) is 2. The number of carbonyl (C=O) groups is 2. The van der Waals surface area contributed by atoms with E-state index in [9.17, 15) is 9.59 Å². The SMILES string of the molecule is Cc1nn(C)c(C)c1NC(=O)[C@@H](C)OC(=O)c1sc2ccccc2c1Cl. The van der Waals surface area contributed by atoms with Gasteiger partial charge in [-0.3, -0.25) is 9.48 Å². The van der Waals surface area contributed by atoms with Crippen LogP contribution in [0.3, 0.4) is 0 Å². The number of hydrogen-bond acceptors (Lipinski definition) is 5. The highest BCUT2D eigenvalue weighted by Crippen LogP contribution is 2.35. The molecule has 2 aromatic heterocycles. The zero-order valence-electron chi connectivity index (χ0n) is 14.8. The number of nitrogens with one attached hydrogen (secondary N) is 1. The van der Waals surface area contributed by atoms with Crippen LogP contribution in [0.2, 0.25) is 5.02 Å². The van der Waals surface area contributed by atoms with Crippen LogP contribution in [0.1, 0.15) is 28.0 Å². The Balaban J connectivity index is 1.74. The molecule has 1 aromatic carbocycles. The van der Waals surface area contributed by atoms with Crippen molar-refractivity contribution < 1.29 is 14.3 Å². The molecule has 0 saturated heterocycles. The highest BCUT2D eigenvalue weighted by Gasteiger charge is 2.24. The Morgan fingerprint density at radius 2 is 2.00 bits per heavy atom. The summed E-state index contributed by atoms with van der Waals surface area (Å²) in [6.07, 6.45) is -0.970. The quantitative estimate of drug-likeness (QED) is 0.680. The van der Waals surface area contributed by atoms with Crippen molar-refractivity contribution in [3.63, 3.8) is 0 Å². The number of esters is 1. The molecule has 1 N–H and O–H groups in total. The van der Waals surface area contributed by atoms with Gasteiger partial charge in [0.15, 0.2) is 6.10 Å². The zero-order chi connectivity index (χ0) is 19.0. The second-order valence-electron chi connectivity index (χ2n) is 5.95. The predicted molar refractivity (Wildman–Crippen MR) is 103 cm³/mol. The number of benzene rings is 1. The maximum absolute atomic E-state index is 12.4. The normalized spacial score (nSPS) is 12.2. The monoisotopic (exact) mass is 391 g/mol. The number of aryl methyl sites for hydroxylation is 2. The molecule has 2 heterocycles. The number of fused-ring (bicyclic) bond motifs is 1. The molecule has 0 radical (unpaired) electrons. The molecule has 0 aliphatic carbocycles. The summed E-state index contributed by atoms with van der Waals surface area (Å²) in [5.74, 6) is -1.03. The molecule has 0 bridgehead atoms. The van der Waals surface area contributed by atoms with E-state index in [0.29, 0.717) is 21.3 Å². The lowest BCUT2D eigenvalue weighted by molar-refractivity contribution is -0.123. The van der Waals surface area contributed by atoms with E-state index in [0.717, 1.165) is 15.8 Å². The average molecular weight is 392 g/mol. The Morgan fingerprint density at radius 1 is 1.31 bits per heavy atom. The van der Waals surface area contributed by atoms with Crippen molar-refractivity contribution in [1.29, 1.82) is 0 Å². The number of thiophene rings is 1. The van der Waals surface area contributed by atoms with E-state index in [1.165, 1.54) is 18.3 Å². The first-order valence-corrected chi connectivity index (χ1v) is 9.18. The van der Waals surface area contributed by atoms with Gasteiger partial charge in [0, 0.05) is 17.1 Å². The molecule has 3 aromatic rings. The van der Waals surface area contributed by atoms with E-state index < -0.39 is 18.0 Å². The van der Waals surface area contributed by atoms with Crippen LogP contribution in [0.5, 0.6) is 0 Å². The molecule has 0 spiro atoms. The standard InChI is InChI=1S/C18H18ClN3O3S/c1-9-15(10(2)22(4)21-9)20-17(23)11(3)25-18(24)16-14(19)12-7-5-6-8-13(12)26-16/h5-8,11H,1-4H3,(H,20,23)/t11-/m1/s1. The summed E-state index contributed by atoms with van der Waals surface area (Å²) >= 11 is 7.53. The molecule has 6 nitrogen and oxygen atoms in total. The van der Waals surface area contributed by atoms with Crippen molar-refractivity contribution in [1.82, 2.24) is 9.78 Å². The van der Waals surface area contributed by atoms with E-state index in [-0.39, 0.29) is 0 Å². The first-order valence-electron chi connectivity index (χ1n) is 7.98. The highest BCUT2D eigenvalue weighted by molar-refractivity contribution is 7.21. The van der Waals surface area contributed by atoms with E-state index in [2.05, 4.69) is 10.4 Å². The van der Waals surface area contributed by atoms with Crippen LogP contribution in [0.4, 0.5) is 5.69 Å². The van der Waals surface area contributed by atoms with Crippen LogP contribution >= 0.6 is 22.9 Å². The Labute approximate surface area is 159 Å². The Morgan fingerprint density at radius 3 is 2.62 bits per heavy atom. The topological polar surface area (TPSA) is 73.2 Å². The van der Waals surface area contributed by atoms with Gasteiger partial charge in [-0.2, -0.15) is 5.10 Å². The molecule has 0 fully saturated rings. The van der Waals surface area contributed by atoms with Gasteiger partial charge < -0.3 is 10.1 Å². The van der Waals surface area contributed by atoms with Crippen LogP contribution in [-0.4, -0.2) is 27.8 Å². The van der Waals surface area contributed by atoms with E-state index in [1.807, 2.05) is 31.2 Å². The van der Waals surface area contributed by atoms with Gasteiger partial charge in [0.25, 0.3) is 5.91 Å². The van der Waals surface area contributed by atoms with Crippen LogP contribution < -0.4 is 5.32 Å². The molecule has 0 saturated carbocycles.